The molecule has 8 heteroatoms. The Labute approximate surface area is 136 Å². The van der Waals surface area contributed by atoms with Gasteiger partial charge in [0, 0.05) is 0 Å². The summed E-state index contributed by atoms with van der Waals surface area (Å²) < 4.78 is 36.7. The van der Waals surface area contributed by atoms with Crippen molar-refractivity contribution < 1.29 is 22.7 Å². The Morgan fingerprint density at radius 2 is 1.91 bits per heavy atom. The Bertz CT molecular complexity index is 563. The third-order valence-corrected chi connectivity index (χ3v) is 4.85. The van der Waals surface area contributed by atoms with Crippen LogP contribution >= 0.6 is 12.4 Å². The molecule has 1 aromatic rings. The molecule has 0 aliphatic carbocycles. The monoisotopic (exact) mass is 353 g/mol. The van der Waals surface area contributed by atoms with E-state index in [0.717, 1.165) is 18.6 Å². The van der Waals surface area contributed by atoms with Crippen LogP contribution in [0.3, 0.4) is 0 Å². The number of hydrogen-bond donors (Lipinski definition) is 2. The number of carboxylic acid groups (broad SMARTS) is 1. The van der Waals surface area contributed by atoms with Crippen LogP contribution in [-0.4, -0.2) is 37.8 Å². The van der Waals surface area contributed by atoms with Crippen LogP contribution in [0.1, 0.15) is 26.2 Å². The van der Waals surface area contributed by atoms with Crippen LogP contribution in [0.2, 0.25) is 0 Å². The third kappa shape index (κ3) is 6.72. The van der Waals surface area contributed by atoms with Gasteiger partial charge in [0.2, 0.25) is 0 Å². The van der Waals surface area contributed by atoms with E-state index in [4.69, 9.17) is 5.11 Å². The Kier molecular flexibility index (Phi) is 9.24. The van der Waals surface area contributed by atoms with Gasteiger partial charge in [0.25, 0.3) is 0 Å². The molecule has 126 valence electrons. The van der Waals surface area contributed by atoms with Crippen LogP contribution in [0.25, 0.3) is 0 Å². The Balaban J connectivity index is 0.00000441. The highest BCUT2D eigenvalue weighted by Crippen LogP contribution is 2.12. The number of carbonyl (C=O) groups is 1. The molecular weight excluding hydrogens is 333 g/mol. The van der Waals surface area contributed by atoms with Gasteiger partial charge in [0.15, 0.2) is 9.84 Å². The van der Waals surface area contributed by atoms with Crippen molar-refractivity contribution in [2.75, 3.05) is 12.3 Å². The van der Waals surface area contributed by atoms with Crippen molar-refractivity contribution in [1.82, 2.24) is 5.32 Å². The minimum Gasteiger partial charge on any atom is -0.480 e. The molecule has 0 saturated carbocycles. The summed E-state index contributed by atoms with van der Waals surface area (Å²) in [5, 5.41) is 11.8. The number of carboxylic acids is 1. The molecule has 0 aromatic heterocycles. The summed E-state index contributed by atoms with van der Waals surface area (Å²) in [4.78, 5) is 11.0. The van der Waals surface area contributed by atoms with Gasteiger partial charge in [-0.3, -0.25) is 4.79 Å². The first-order valence-corrected chi connectivity index (χ1v) is 8.46. The van der Waals surface area contributed by atoms with Crippen molar-refractivity contribution in [2.24, 2.45) is 0 Å². The predicted molar refractivity (Wildman–Crippen MR) is 84.7 cm³/mol. The number of hydrogen-bond acceptors (Lipinski definition) is 4. The fourth-order valence-corrected chi connectivity index (χ4v) is 3.21. The molecule has 0 aliphatic heterocycles. The Hall–Kier alpha value is -1.18. The Morgan fingerprint density at radius 3 is 2.41 bits per heavy atom. The first kappa shape index (κ1) is 20.8. The maximum atomic E-state index is 12.8. The molecule has 0 radical (unpaired) electrons. The minimum absolute atomic E-state index is 0. The van der Waals surface area contributed by atoms with E-state index in [1.54, 1.807) is 0 Å². The highest BCUT2D eigenvalue weighted by Gasteiger charge is 2.17. The van der Waals surface area contributed by atoms with Crippen molar-refractivity contribution in [2.45, 2.75) is 37.1 Å². The van der Waals surface area contributed by atoms with E-state index in [1.165, 1.54) is 12.1 Å². The van der Waals surface area contributed by atoms with Crippen molar-refractivity contribution >= 4 is 28.2 Å². The molecule has 0 spiro atoms. The van der Waals surface area contributed by atoms with Crippen molar-refractivity contribution in [3.63, 3.8) is 0 Å². The quantitative estimate of drug-likeness (QED) is 0.525. The van der Waals surface area contributed by atoms with Crippen LogP contribution in [0.5, 0.6) is 0 Å². The van der Waals surface area contributed by atoms with Crippen LogP contribution in [0.15, 0.2) is 29.2 Å². The summed E-state index contributed by atoms with van der Waals surface area (Å²) in [5.41, 5.74) is 0. The van der Waals surface area contributed by atoms with Gasteiger partial charge in [-0.25, -0.2) is 12.8 Å². The molecule has 0 heterocycles. The largest absolute Gasteiger partial charge is 0.480 e. The number of halogens is 2. The number of benzene rings is 1. The summed E-state index contributed by atoms with van der Waals surface area (Å²) in [7, 11) is -3.46. The van der Waals surface area contributed by atoms with Crippen molar-refractivity contribution in [1.29, 1.82) is 0 Å². The molecule has 5 nitrogen and oxygen atoms in total. The number of aliphatic carboxylic acids is 1. The molecule has 1 rings (SSSR count). The van der Waals surface area contributed by atoms with E-state index in [0.29, 0.717) is 19.4 Å². The van der Waals surface area contributed by atoms with Crippen molar-refractivity contribution in [3.05, 3.63) is 30.1 Å². The normalized spacial score (nSPS) is 12.5. The molecule has 22 heavy (non-hydrogen) atoms. The number of sulfone groups is 1. The molecule has 1 aromatic carbocycles. The van der Waals surface area contributed by atoms with E-state index in [1.807, 2.05) is 6.92 Å². The predicted octanol–water partition coefficient (Wildman–Crippen LogP) is 2.25. The summed E-state index contributed by atoms with van der Waals surface area (Å²) in [5.74, 6) is -1.53. The minimum atomic E-state index is -3.46. The van der Waals surface area contributed by atoms with E-state index in [2.05, 4.69) is 5.32 Å². The number of nitrogens with one attached hydrogen (secondary N) is 1. The average molecular weight is 354 g/mol. The van der Waals surface area contributed by atoms with Crippen LogP contribution in [0, 0.1) is 5.82 Å². The van der Waals surface area contributed by atoms with Gasteiger partial charge in [-0.1, -0.05) is 13.3 Å². The first-order valence-electron chi connectivity index (χ1n) is 6.81. The van der Waals surface area contributed by atoms with Gasteiger partial charge in [0.1, 0.15) is 11.9 Å². The zero-order valence-corrected chi connectivity index (χ0v) is 13.9. The van der Waals surface area contributed by atoms with Gasteiger partial charge >= 0.3 is 5.97 Å². The molecule has 1 unspecified atom stereocenters. The van der Waals surface area contributed by atoms with Crippen molar-refractivity contribution in [3.8, 4) is 0 Å². The Morgan fingerprint density at radius 1 is 1.32 bits per heavy atom. The summed E-state index contributed by atoms with van der Waals surface area (Å²) in [6, 6.07) is 4.02. The standard InChI is InChI=1S/C14H20FNO4S.ClH/c1-2-4-13(14(17)18)16-9-3-10-21(19,20)12-7-5-11(15)6-8-12;/h5-8,13,16H,2-4,9-10H2,1H3,(H,17,18);1H. The van der Waals surface area contributed by atoms with Gasteiger partial charge in [-0.05, 0) is 43.7 Å². The molecule has 0 amide bonds. The van der Waals surface area contributed by atoms with E-state index in [9.17, 15) is 17.6 Å². The molecule has 2 N–H and O–H groups in total. The lowest BCUT2D eigenvalue weighted by atomic mass is 10.1. The van der Waals surface area contributed by atoms with Gasteiger partial charge < -0.3 is 10.4 Å². The average Bonchev–Trinajstić information content (AvgIpc) is 2.42. The second kappa shape index (κ2) is 9.76. The smallest absolute Gasteiger partial charge is 0.320 e. The number of rotatable bonds is 9. The fraction of sp³-hybridized carbons (Fsp3) is 0.500. The molecular formula is C14H21ClFNO4S. The van der Waals surface area contributed by atoms with E-state index in [-0.39, 0.29) is 23.1 Å². The third-order valence-electron chi connectivity index (χ3n) is 3.03. The van der Waals surface area contributed by atoms with Gasteiger partial charge in [0.05, 0.1) is 10.6 Å². The zero-order chi connectivity index (χ0) is 15.9. The molecule has 0 aliphatic rings. The lowest BCUT2D eigenvalue weighted by Crippen LogP contribution is -2.37. The fourth-order valence-electron chi connectivity index (χ4n) is 1.90. The summed E-state index contributed by atoms with van der Waals surface area (Å²) in [6.45, 7) is 2.19. The first-order chi connectivity index (χ1) is 9.86. The highest BCUT2D eigenvalue weighted by atomic mass is 35.5. The second-order valence-electron chi connectivity index (χ2n) is 4.76. The molecule has 0 bridgehead atoms. The van der Waals surface area contributed by atoms with Gasteiger partial charge in [-0.2, -0.15) is 0 Å². The molecule has 0 saturated heterocycles. The molecule has 1 atom stereocenters. The van der Waals surface area contributed by atoms with Crippen LogP contribution in [-0.2, 0) is 14.6 Å². The van der Waals surface area contributed by atoms with Crippen LogP contribution < -0.4 is 5.32 Å². The summed E-state index contributed by atoms with van der Waals surface area (Å²) >= 11 is 0. The van der Waals surface area contributed by atoms with E-state index >= 15 is 0 Å². The lowest BCUT2D eigenvalue weighted by molar-refractivity contribution is -0.139. The van der Waals surface area contributed by atoms with Gasteiger partial charge in [-0.15, -0.1) is 12.4 Å². The zero-order valence-electron chi connectivity index (χ0n) is 12.3. The van der Waals surface area contributed by atoms with Crippen LogP contribution in [0.4, 0.5) is 4.39 Å². The second-order valence-corrected chi connectivity index (χ2v) is 6.87. The summed E-state index contributed by atoms with van der Waals surface area (Å²) in [6.07, 6.45) is 1.53. The SMILES string of the molecule is CCCC(NCCCS(=O)(=O)c1ccc(F)cc1)C(=O)O.Cl. The molecule has 0 fully saturated rings. The highest BCUT2D eigenvalue weighted by molar-refractivity contribution is 7.91. The lowest BCUT2D eigenvalue weighted by Gasteiger charge is -2.13. The maximum absolute atomic E-state index is 12.8. The maximum Gasteiger partial charge on any atom is 0.320 e. The topological polar surface area (TPSA) is 83.5 Å². The van der Waals surface area contributed by atoms with E-state index < -0.39 is 27.7 Å².